The van der Waals surface area contributed by atoms with Crippen molar-refractivity contribution in [1.82, 2.24) is 0 Å². The van der Waals surface area contributed by atoms with Gasteiger partial charge < -0.3 is 10.5 Å². The summed E-state index contributed by atoms with van der Waals surface area (Å²) in [5, 5.41) is 0. The van der Waals surface area contributed by atoms with Crippen LogP contribution in [0.1, 0.15) is 31.4 Å². The predicted octanol–water partition coefficient (Wildman–Crippen LogP) is 2.23. The molecule has 0 saturated carbocycles. The molecule has 2 N–H and O–H groups in total. The summed E-state index contributed by atoms with van der Waals surface area (Å²) in [4.78, 5) is 11.4. The van der Waals surface area contributed by atoms with Crippen LogP contribution in [0.5, 0.6) is 0 Å². The molecule has 1 aromatic carbocycles. The van der Waals surface area contributed by atoms with Crippen molar-refractivity contribution in [2.24, 2.45) is 11.7 Å². The van der Waals surface area contributed by atoms with Crippen molar-refractivity contribution in [3.63, 3.8) is 0 Å². The third kappa shape index (κ3) is 3.66. The van der Waals surface area contributed by atoms with Crippen LogP contribution in [-0.4, -0.2) is 5.97 Å². The zero-order valence-electron chi connectivity index (χ0n) is 9.90. The smallest absolute Gasteiger partial charge is 0.308 e. The van der Waals surface area contributed by atoms with E-state index in [9.17, 15) is 4.79 Å². The van der Waals surface area contributed by atoms with Crippen molar-refractivity contribution in [3.8, 4) is 0 Å². The van der Waals surface area contributed by atoms with Crippen LogP contribution in [0.3, 0.4) is 0 Å². The van der Waals surface area contributed by atoms with Crippen molar-refractivity contribution < 1.29 is 9.53 Å². The summed E-state index contributed by atoms with van der Waals surface area (Å²) >= 11 is 0. The zero-order chi connectivity index (χ0) is 12.0. The van der Waals surface area contributed by atoms with E-state index in [1.165, 1.54) is 0 Å². The number of rotatable bonds is 5. The fraction of sp³-hybridized carbons (Fsp3) is 0.462. The second-order valence-corrected chi connectivity index (χ2v) is 3.94. The number of hydrogen-bond donors (Lipinski definition) is 1. The van der Waals surface area contributed by atoms with Gasteiger partial charge in [0.2, 0.25) is 0 Å². The van der Waals surface area contributed by atoms with Gasteiger partial charge in [-0.05, 0) is 17.5 Å². The first kappa shape index (κ1) is 12.7. The quantitative estimate of drug-likeness (QED) is 0.776. The SMILES string of the molecule is CCC(C)C(=O)OCc1ccc(CN)cc1. The summed E-state index contributed by atoms with van der Waals surface area (Å²) in [7, 11) is 0. The Morgan fingerprint density at radius 1 is 1.31 bits per heavy atom. The molecule has 3 heteroatoms. The molecule has 0 aliphatic carbocycles. The Balaban J connectivity index is 2.45. The summed E-state index contributed by atoms with van der Waals surface area (Å²) in [6.07, 6.45) is 0.810. The van der Waals surface area contributed by atoms with Crippen LogP contribution in [0, 0.1) is 5.92 Å². The lowest BCUT2D eigenvalue weighted by Gasteiger charge is -2.09. The molecule has 1 unspecified atom stereocenters. The molecule has 1 atom stereocenters. The number of carbonyl (C=O) groups excluding carboxylic acids is 1. The van der Waals surface area contributed by atoms with Crippen LogP contribution < -0.4 is 5.73 Å². The van der Waals surface area contributed by atoms with Crippen molar-refractivity contribution in [1.29, 1.82) is 0 Å². The van der Waals surface area contributed by atoms with Gasteiger partial charge in [0.05, 0.1) is 5.92 Å². The Kier molecular flexibility index (Phi) is 4.99. The number of carbonyl (C=O) groups is 1. The van der Waals surface area contributed by atoms with Gasteiger partial charge in [-0.25, -0.2) is 0 Å². The molecular formula is C13H19NO2. The van der Waals surface area contributed by atoms with E-state index in [1.54, 1.807) is 0 Å². The molecule has 0 saturated heterocycles. The van der Waals surface area contributed by atoms with Crippen LogP contribution in [-0.2, 0) is 22.7 Å². The molecule has 88 valence electrons. The number of esters is 1. The Morgan fingerprint density at radius 3 is 2.38 bits per heavy atom. The number of ether oxygens (including phenoxy) is 1. The van der Waals surface area contributed by atoms with E-state index in [4.69, 9.17) is 10.5 Å². The second kappa shape index (κ2) is 6.28. The van der Waals surface area contributed by atoms with E-state index in [1.807, 2.05) is 38.1 Å². The van der Waals surface area contributed by atoms with Gasteiger partial charge in [-0.15, -0.1) is 0 Å². The van der Waals surface area contributed by atoms with E-state index >= 15 is 0 Å². The largest absolute Gasteiger partial charge is 0.461 e. The molecule has 0 bridgehead atoms. The third-order valence-corrected chi connectivity index (χ3v) is 2.65. The van der Waals surface area contributed by atoms with E-state index in [0.717, 1.165) is 17.5 Å². The molecular weight excluding hydrogens is 202 g/mol. The minimum absolute atomic E-state index is 0.0247. The second-order valence-electron chi connectivity index (χ2n) is 3.94. The topological polar surface area (TPSA) is 52.3 Å². The van der Waals surface area contributed by atoms with Gasteiger partial charge in [0, 0.05) is 6.54 Å². The van der Waals surface area contributed by atoms with Gasteiger partial charge in [0.15, 0.2) is 0 Å². The van der Waals surface area contributed by atoms with E-state index < -0.39 is 0 Å². The molecule has 0 aliphatic heterocycles. The van der Waals surface area contributed by atoms with Gasteiger partial charge in [-0.2, -0.15) is 0 Å². The summed E-state index contributed by atoms with van der Waals surface area (Å²) in [6.45, 7) is 4.72. The molecule has 0 aromatic heterocycles. The molecule has 0 spiro atoms. The van der Waals surface area contributed by atoms with Crippen LogP contribution in [0.4, 0.5) is 0 Å². The van der Waals surface area contributed by atoms with Crippen LogP contribution in [0.2, 0.25) is 0 Å². The average Bonchev–Trinajstić information content (AvgIpc) is 2.35. The highest BCUT2D eigenvalue weighted by atomic mass is 16.5. The minimum atomic E-state index is -0.134. The average molecular weight is 221 g/mol. The number of benzene rings is 1. The maximum Gasteiger partial charge on any atom is 0.308 e. The normalized spacial score (nSPS) is 12.2. The monoisotopic (exact) mass is 221 g/mol. The predicted molar refractivity (Wildman–Crippen MR) is 63.6 cm³/mol. The highest BCUT2D eigenvalue weighted by Gasteiger charge is 2.11. The number of nitrogens with two attached hydrogens (primary N) is 1. The van der Waals surface area contributed by atoms with Crippen LogP contribution >= 0.6 is 0 Å². The first-order valence-electron chi connectivity index (χ1n) is 5.62. The fourth-order valence-corrected chi connectivity index (χ4v) is 1.23. The molecule has 0 aliphatic rings. The van der Waals surface area contributed by atoms with E-state index in [-0.39, 0.29) is 11.9 Å². The molecule has 0 fully saturated rings. The van der Waals surface area contributed by atoms with Gasteiger partial charge in [-0.1, -0.05) is 38.1 Å². The van der Waals surface area contributed by atoms with Gasteiger partial charge >= 0.3 is 5.97 Å². The molecule has 0 radical (unpaired) electrons. The first-order valence-corrected chi connectivity index (χ1v) is 5.62. The Morgan fingerprint density at radius 2 is 1.88 bits per heavy atom. The molecule has 16 heavy (non-hydrogen) atoms. The van der Waals surface area contributed by atoms with E-state index in [0.29, 0.717) is 13.2 Å². The van der Waals surface area contributed by atoms with Crippen molar-refractivity contribution in [2.75, 3.05) is 0 Å². The summed E-state index contributed by atoms with van der Waals surface area (Å²) in [6, 6.07) is 7.77. The van der Waals surface area contributed by atoms with Crippen molar-refractivity contribution in [3.05, 3.63) is 35.4 Å². The maximum absolute atomic E-state index is 11.4. The lowest BCUT2D eigenvalue weighted by molar-refractivity contribution is -0.149. The Hall–Kier alpha value is -1.35. The lowest BCUT2D eigenvalue weighted by atomic mass is 10.1. The standard InChI is InChI=1S/C13H19NO2/c1-3-10(2)13(15)16-9-12-6-4-11(8-14)5-7-12/h4-7,10H,3,8-9,14H2,1-2H3. The van der Waals surface area contributed by atoms with Gasteiger partial charge in [0.1, 0.15) is 6.61 Å². The van der Waals surface area contributed by atoms with Crippen LogP contribution in [0.25, 0.3) is 0 Å². The lowest BCUT2D eigenvalue weighted by Crippen LogP contribution is -2.13. The molecule has 1 aromatic rings. The highest BCUT2D eigenvalue weighted by molar-refractivity contribution is 5.71. The molecule has 0 heterocycles. The van der Waals surface area contributed by atoms with Gasteiger partial charge in [0.25, 0.3) is 0 Å². The zero-order valence-corrected chi connectivity index (χ0v) is 9.90. The minimum Gasteiger partial charge on any atom is -0.461 e. The molecule has 0 amide bonds. The molecule has 3 nitrogen and oxygen atoms in total. The van der Waals surface area contributed by atoms with E-state index in [2.05, 4.69) is 0 Å². The number of hydrogen-bond acceptors (Lipinski definition) is 3. The summed E-state index contributed by atoms with van der Waals surface area (Å²) in [5.41, 5.74) is 7.57. The van der Waals surface area contributed by atoms with Crippen LogP contribution in [0.15, 0.2) is 24.3 Å². The summed E-state index contributed by atoms with van der Waals surface area (Å²) in [5.74, 6) is -0.159. The van der Waals surface area contributed by atoms with Gasteiger partial charge in [-0.3, -0.25) is 4.79 Å². The maximum atomic E-state index is 11.4. The third-order valence-electron chi connectivity index (χ3n) is 2.65. The summed E-state index contributed by atoms with van der Waals surface area (Å²) < 4.78 is 5.18. The Bertz CT molecular complexity index is 332. The first-order chi connectivity index (χ1) is 7.67. The molecule has 1 rings (SSSR count). The fourth-order valence-electron chi connectivity index (χ4n) is 1.23. The Labute approximate surface area is 96.6 Å². The van der Waals surface area contributed by atoms with Crippen molar-refractivity contribution >= 4 is 5.97 Å². The van der Waals surface area contributed by atoms with Crippen molar-refractivity contribution in [2.45, 2.75) is 33.4 Å². The highest BCUT2D eigenvalue weighted by Crippen LogP contribution is 2.08.